The molecular weight excluding hydrogens is 332 g/mol. The van der Waals surface area contributed by atoms with Crippen LogP contribution in [0.3, 0.4) is 0 Å². The molecule has 132 valence electrons. The van der Waals surface area contributed by atoms with E-state index >= 15 is 0 Å². The predicted octanol–water partition coefficient (Wildman–Crippen LogP) is 1.56. The van der Waals surface area contributed by atoms with Gasteiger partial charge >= 0.3 is 0 Å². The Kier molecular flexibility index (Phi) is 4.54. The second-order valence-corrected chi connectivity index (χ2v) is 8.10. The van der Waals surface area contributed by atoms with Gasteiger partial charge in [0.05, 0.1) is 13.2 Å². The molecule has 0 aliphatic carbocycles. The molecule has 0 radical (unpaired) electrons. The number of nitrogens with zero attached hydrogens (tertiary/aromatic N) is 2. The molecule has 1 atom stereocenters. The van der Waals surface area contributed by atoms with Crippen LogP contribution in [0.15, 0.2) is 30.3 Å². The van der Waals surface area contributed by atoms with E-state index in [-0.39, 0.29) is 0 Å². The molecule has 1 fully saturated rings. The van der Waals surface area contributed by atoms with E-state index in [1.54, 1.807) is 6.07 Å². The summed E-state index contributed by atoms with van der Waals surface area (Å²) in [6, 6.07) is 10.4. The first-order valence-corrected chi connectivity index (χ1v) is 9.57. The van der Waals surface area contributed by atoms with E-state index in [0.29, 0.717) is 11.8 Å². The molecule has 3 heterocycles. The summed E-state index contributed by atoms with van der Waals surface area (Å²) < 4.78 is 6.89. The van der Waals surface area contributed by atoms with Crippen LogP contribution in [0.5, 0.6) is 5.75 Å². The monoisotopic (exact) mass is 356 g/mol. The van der Waals surface area contributed by atoms with E-state index < -0.39 is 0 Å². The lowest BCUT2D eigenvalue weighted by Crippen LogP contribution is -2.42. The van der Waals surface area contributed by atoms with Crippen molar-refractivity contribution < 1.29 is 9.84 Å². The summed E-state index contributed by atoms with van der Waals surface area (Å²) in [5.74, 6) is 0.322. The second-order valence-electron chi connectivity index (χ2n) is 6.96. The normalized spacial score (nSPS) is 21.1. The first-order chi connectivity index (χ1) is 12.1. The first-order valence-electron chi connectivity index (χ1n) is 8.75. The van der Waals surface area contributed by atoms with E-state index in [9.17, 15) is 5.11 Å². The summed E-state index contributed by atoms with van der Waals surface area (Å²) in [6.07, 6.45) is 2.23. The molecule has 2 aliphatic rings. The van der Waals surface area contributed by atoms with Crippen LogP contribution in [-0.2, 0) is 11.3 Å². The van der Waals surface area contributed by atoms with Crippen molar-refractivity contribution in [1.29, 1.82) is 0 Å². The van der Waals surface area contributed by atoms with E-state index in [2.05, 4.69) is 42.1 Å². The Morgan fingerprint density at radius 1 is 1.32 bits per heavy atom. The maximum atomic E-state index is 9.86. The zero-order chi connectivity index (χ0) is 17.4. The van der Waals surface area contributed by atoms with Crippen molar-refractivity contribution >= 4 is 23.1 Å². The third kappa shape index (κ3) is 3.45. The molecular formula is C20H24N2O2S. The lowest BCUT2D eigenvalue weighted by atomic mass is 10.0. The highest BCUT2D eigenvalue weighted by Crippen LogP contribution is 2.21. The highest BCUT2D eigenvalue weighted by molar-refractivity contribution is 7.10. The summed E-state index contributed by atoms with van der Waals surface area (Å²) in [7, 11) is 2.10. The summed E-state index contributed by atoms with van der Waals surface area (Å²) in [5.41, 5.74) is 2.40. The van der Waals surface area contributed by atoms with E-state index in [0.717, 1.165) is 38.4 Å². The molecule has 0 amide bonds. The molecule has 2 aliphatic heterocycles. The van der Waals surface area contributed by atoms with Gasteiger partial charge in [-0.05, 0) is 36.3 Å². The van der Waals surface area contributed by atoms with Crippen LogP contribution in [0, 0.1) is 0 Å². The number of ether oxygens (including phenoxy) is 1. The fourth-order valence-corrected chi connectivity index (χ4v) is 4.80. The van der Waals surface area contributed by atoms with Crippen molar-refractivity contribution in [2.45, 2.75) is 19.5 Å². The van der Waals surface area contributed by atoms with Crippen molar-refractivity contribution in [2.75, 3.05) is 33.4 Å². The number of likely N-dealkylation sites (N-methyl/N-ethyl adjacent to an activating group) is 1. The van der Waals surface area contributed by atoms with Crippen LogP contribution < -0.4 is 9.75 Å². The summed E-state index contributed by atoms with van der Waals surface area (Å²) in [5, 5.41) is 11.1. The number of rotatable bonds is 3. The lowest BCUT2D eigenvalue weighted by molar-refractivity contribution is -0.00391. The van der Waals surface area contributed by atoms with Crippen LogP contribution in [0.2, 0.25) is 0 Å². The molecule has 0 saturated carbocycles. The van der Waals surface area contributed by atoms with Crippen molar-refractivity contribution in [3.63, 3.8) is 0 Å². The maximum absolute atomic E-state index is 9.86. The molecule has 0 bridgehead atoms. The summed E-state index contributed by atoms with van der Waals surface area (Å²) in [6.45, 7) is 6.72. The SMILES string of the molecule is C[C@H]1COCCN1Cc1cc2c(s1)=C(c1cccc(O)c1)CN(C)C=2. The van der Waals surface area contributed by atoms with Gasteiger partial charge in [-0.1, -0.05) is 12.1 Å². The molecule has 2 aromatic rings. The number of aromatic hydroxyl groups is 1. The fraction of sp³-hybridized carbons (Fsp3) is 0.400. The highest BCUT2D eigenvalue weighted by atomic mass is 32.1. The third-order valence-corrected chi connectivity index (χ3v) is 6.11. The Labute approximate surface area is 152 Å². The van der Waals surface area contributed by atoms with Crippen molar-refractivity contribution in [3.8, 4) is 5.75 Å². The third-order valence-electron chi connectivity index (χ3n) is 4.91. The Bertz CT molecular complexity index is 889. The van der Waals surface area contributed by atoms with E-state index in [1.165, 1.54) is 20.2 Å². The molecule has 4 nitrogen and oxygen atoms in total. The van der Waals surface area contributed by atoms with Gasteiger partial charge < -0.3 is 14.7 Å². The van der Waals surface area contributed by atoms with Gasteiger partial charge in [0.15, 0.2) is 0 Å². The molecule has 5 heteroatoms. The average Bonchev–Trinajstić information content (AvgIpc) is 2.98. The minimum atomic E-state index is 0.322. The van der Waals surface area contributed by atoms with Gasteiger partial charge in [0.2, 0.25) is 0 Å². The standard InChI is InChI=1S/C20H24N2O2S/c1-14-13-24-7-6-22(14)11-18-9-16-10-21(2)12-19(20(16)25-18)15-4-3-5-17(23)8-15/h3-5,8-10,14,23H,6-7,11-13H2,1-2H3/t14-/m0/s1. The lowest BCUT2D eigenvalue weighted by Gasteiger charge is -2.32. The fourth-order valence-electron chi connectivity index (χ4n) is 3.58. The van der Waals surface area contributed by atoms with Gasteiger partial charge in [0.25, 0.3) is 0 Å². The number of morpholine rings is 1. The molecule has 1 aromatic heterocycles. The highest BCUT2D eigenvalue weighted by Gasteiger charge is 2.20. The number of hydrogen-bond donors (Lipinski definition) is 1. The molecule has 4 rings (SSSR count). The van der Waals surface area contributed by atoms with Gasteiger partial charge in [0.1, 0.15) is 5.75 Å². The Hall–Kier alpha value is -1.82. The number of phenolic OH excluding ortho intramolecular Hbond substituents is 1. The minimum Gasteiger partial charge on any atom is -0.508 e. The number of benzene rings is 1. The van der Waals surface area contributed by atoms with E-state index in [1.807, 2.05) is 23.5 Å². The van der Waals surface area contributed by atoms with E-state index in [4.69, 9.17) is 4.74 Å². The van der Waals surface area contributed by atoms with Gasteiger partial charge in [-0.25, -0.2) is 0 Å². The summed E-state index contributed by atoms with van der Waals surface area (Å²) in [4.78, 5) is 6.11. The topological polar surface area (TPSA) is 35.9 Å². The minimum absolute atomic E-state index is 0.322. The second kappa shape index (κ2) is 6.83. The number of thiophene rings is 1. The predicted molar refractivity (Wildman–Crippen MR) is 102 cm³/mol. The largest absolute Gasteiger partial charge is 0.508 e. The zero-order valence-electron chi connectivity index (χ0n) is 14.7. The molecule has 1 N–H and O–H groups in total. The maximum Gasteiger partial charge on any atom is 0.116 e. The number of phenols is 1. The van der Waals surface area contributed by atoms with Crippen LogP contribution in [0.4, 0.5) is 0 Å². The van der Waals surface area contributed by atoms with Gasteiger partial charge in [-0.15, -0.1) is 11.3 Å². The molecule has 0 spiro atoms. The van der Waals surface area contributed by atoms with Gasteiger partial charge in [0, 0.05) is 53.6 Å². The molecule has 1 aromatic carbocycles. The van der Waals surface area contributed by atoms with Crippen LogP contribution in [0.25, 0.3) is 11.8 Å². The molecule has 0 unspecified atom stereocenters. The quantitative estimate of drug-likeness (QED) is 0.905. The Balaban J connectivity index is 1.74. The van der Waals surface area contributed by atoms with Crippen molar-refractivity contribution in [2.24, 2.45) is 0 Å². The summed E-state index contributed by atoms with van der Waals surface area (Å²) >= 11 is 1.88. The van der Waals surface area contributed by atoms with Crippen molar-refractivity contribution in [3.05, 3.63) is 50.5 Å². The van der Waals surface area contributed by atoms with Gasteiger partial charge in [-0.3, -0.25) is 4.90 Å². The molecule has 1 saturated heterocycles. The smallest absolute Gasteiger partial charge is 0.116 e. The van der Waals surface area contributed by atoms with Crippen LogP contribution in [0.1, 0.15) is 17.4 Å². The van der Waals surface area contributed by atoms with Crippen LogP contribution >= 0.6 is 11.3 Å². The van der Waals surface area contributed by atoms with Gasteiger partial charge in [-0.2, -0.15) is 0 Å². The molecule has 25 heavy (non-hydrogen) atoms. The van der Waals surface area contributed by atoms with Crippen LogP contribution in [-0.4, -0.2) is 54.3 Å². The number of fused-ring (bicyclic) bond motifs is 1. The Morgan fingerprint density at radius 3 is 3.00 bits per heavy atom. The van der Waals surface area contributed by atoms with Crippen molar-refractivity contribution in [1.82, 2.24) is 9.80 Å². The average molecular weight is 356 g/mol. The first kappa shape index (κ1) is 16.6. The Morgan fingerprint density at radius 2 is 2.20 bits per heavy atom. The number of hydrogen-bond acceptors (Lipinski definition) is 5. The zero-order valence-corrected chi connectivity index (χ0v) is 15.6.